The summed E-state index contributed by atoms with van der Waals surface area (Å²) >= 11 is 0. The van der Waals surface area contributed by atoms with E-state index in [0.29, 0.717) is 18.1 Å². The second kappa shape index (κ2) is 8.50. The largest absolute Gasteiger partial charge is 0.497 e. The molecular weight excluding hydrogens is 358 g/mol. The molecule has 4 aromatic rings. The van der Waals surface area contributed by atoms with E-state index in [-0.39, 0.29) is 0 Å². The van der Waals surface area contributed by atoms with Crippen LogP contribution < -0.4 is 4.74 Å². The van der Waals surface area contributed by atoms with Crippen LogP contribution in [0.15, 0.2) is 83.3 Å². The SMILES string of the molecule is COc1ccc(C#Cc2oc(-c3ccccc3)nc2Cc2cccc(C)c2)cc1. The van der Waals surface area contributed by atoms with Gasteiger partial charge in [-0.15, -0.1) is 0 Å². The second-order valence-corrected chi connectivity index (χ2v) is 6.81. The number of ether oxygens (including phenoxy) is 1. The van der Waals surface area contributed by atoms with Crippen molar-refractivity contribution in [3.05, 3.63) is 107 Å². The number of hydrogen-bond donors (Lipinski definition) is 0. The van der Waals surface area contributed by atoms with Gasteiger partial charge in [0.05, 0.1) is 7.11 Å². The summed E-state index contributed by atoms with van der Waals surface area (Å²) in [5, 5.41) is 0. The zero-order valence-electron chi connectivity index (χ0n) is 16.5. The molecular formula is C26H21NO2. The van der Waals surface area contributed by atoms with E-state index in [9.17, 15) is 0 Å². The number of rotatable bonds is 4. The Morgan fingerprint density at radius 1 is 0.897 bits per heavy atom. The predicted octanol–water partition coefficient (Wildman–Crippen LogP) is 5.65. The van der Waals surface area contributed by atoms with Crippen molar-refractivity contribution in [2.45, 2.75) is 13.3 Å². The lowest BCUT2D eigenvalue weighted by molar-refractivity contribution is 0.415. The first-order valence-electron chi connectivity index (χ1n) is 9.48. The van der Waals surface area contributed by atoms with Gasteiger partial charge in [0, 0.05) is 17.5 Å². The van der Waals surface area contributed by atoms with Crippen LogP contribution in [0.3, 0.4) is 0 Å². The molecule has 0 spiro atoms. The average molecular weight is 379 g/mol. The summed E-state index contributed by atoms with van der Waals surface area (Å²) in [7, 11) is 1.65. The van der Waals surface area contributed by atoms with Crippen LogP contribution in [0.2, 0.25) is 0 Å². The van der Waals surface area contributed by atoms with Crippen molar-refractivity contribution in [2.24, 2.45) is 0 Å². The number of hydrogen-bond acceptors (Lipinski definition) is 3. The molecule has 3 aromatic carbocycles. The van der Waals surface area contributed by atoms with Gasteiger partial charge in [0.1, 0.15) is 11.4 Å². The van der Waals surface area contributed by atoms with Crippen LogP contribution >= 0.6 is 0 Å². The van der Waals surface area contributed by atoms with E-state index in [4.69, 9.17) is 14.1 Å². The highest BCUT2D eigenvalue weighted by molar-refractivity contribution is 5.55. The van der Waals surface area contributed by atoms with Crippen molar-refractivity contribution in [3.8, 4) is 29.0 Å². The topological polar surface area (TPSA) is 35.3 Å². The van der Waals surface area contributed by atoms with Crippen LogP contribution in [0.1, 0.15) is 28.1 Å². The maximum absolute atomic E-state index is 6.06. The van der Waals surface area contributed by atoms with Crippen molar-refractivity contribution in [2.75, 3.05) is 7.11 Å². The lowest BCUT2D eigenvalue weighted by Gasteiger charge is -2.00. The fourth-order valence-electron chi connectivity index (χ4n) is 3.09. The minimum Gasteiger partial charge on any atom is -0.497 e. The molecule has 0 aliphatic carbocycles. The van der Waals surface area contributed by atoms with Gasteiger partial charge < -0.3 is 9.15 Å². The lowest BCUT2D eigenvalue weighted by Crippen LogP contribution is -1.92. The monoisotopic (exact) mass is 379 g/mol. The molecule has 4 rings (SSSR count). The highest BCUT2D eigenvalue weighted by Gasteiger charge is 2.14. The van der Waals surface area contributed by atoms with E-state index in [0.717, 1.165) is 22.6 Å². The van der Waals surface area contributed by atoms with Gasteiger partial charge in [-0.3, -0.25) is 0 Å². The molecule has 29 heavy (non-hydrogen) atoms. The minimum absolute atomic E-state index is 0.590. The minimum atomic E-state index is 0.590. The highest BCUT2D eigenvalue weighted by atomic mass is 16.5. The van der Waals surface area contributed by atoms with Crippen molar-refractivity contribution in [1.29, 1.82) is 0 Å². The Hall–Kier alpha value is -3.77. The molecule has 0 N–H and O–H groups in total. The zero-order chi connectivity index (χ0) is 20.1. The van der Waals surface area contributed by atoms with Crippen LogP contribution in [-0.4, -0.2) is 12.1 Å². The van der Waals surface area contributed by atoms with Crippen molar-refractivity contribution >= 4 is 0 Å². The Morgan fingerprint density at radius 2 is 1.69 bits per heavy atom. The van der Waals surface area contributed by atoms with E-state index in [1.165, 1.54) is 11.1 Å². The molecule has 0 atom stereocenters. The van der Waals surface area contributed by atoms with Gasteiger partial charge in [0.25, 0.3) is 0 Å². The van der Waals surface area contributed by atoms with Crippen LogP contribution in [-0.2, 0) is 6.42 Å². The van der Waals surface area contributed by atoms with Crippen LogP contribution in [0.4, 0.5) is 0 Å². The molecule has 0 radical (unpaired) electrons. The summed E-state index contributed by atoms with van der Waals surface area (Å²) in [4.78, 5) is 4.76. The van der Waals surface area contributed by atoms with E-state index < -0.39 is 0 Å². The lowest BCUT2D eigenvalue weighted by atomic mass is 10.1. The predicted molar refractivity (Wildman–Crippen MR) is 115 cm³/mol. The first kappa shape index (κ1) is 18.6. The van der Waals surface area contributed by atoms with Gasteiger partial charge in [-0.2, -0.15) is 0 Å². The fraction of sp³-hybridized carbons (Fsp3) is 0.115. The number of benzene rings is 3. The van der Waals surface area contributed by atoms with Gasteiger partial charge in [0.15, 0.2) is 0 Å². The van der Waals surface area contributed by atoms with E-state index >= 15 is 0 Å². The highest BCUT2D eigenvalue weighted by Crippen LogP contribution is 2.23. The van der Waals surface area contributed by atoms with Crippen molar-refractivity contribution in [1.82, 2.24) is 4.98 Å². The second-order valence-electron chi connectivity index (χ2n) is 6.81. The zero-order valence-corrected chi connectivity index (χ0v) is 16.5. The van der Waals surface area contributed by atoms with Gasteiger partial charge in [-0.1, -0.05) is 53.9 Å². The molecule has 0 fully saturated rings. The Bertz CT molecular complexity index is 1160. The fourth-order valence-corrected chi connectivity index (χ4v) is 3.09. The summed E-state index contributed by atoms with van der Waals surface area (Å²) in [6.45, 7) is 2.09. The third-order valence-electron chi connectivity index (χ3n) is 4.58. The molecule has 3 nitrogen and oxygen atoms in total. The summed E-state index contributed by atoms with van der Waals surface area (Å²) < 4.78 is 11.3. The third kappa shape index (κ3) is 4.56. The Balaban J connectivity index is 1.70. The summed E-state index contributed by atoms with van der Waals surface area (Å²) in [5.41, 5.74) is 5.08. The number of nitrogens with zero attached hydrogens (tertiary/aromatic N) is 1. The van der Waals surface area contributed by atoms with E-state index in [1.54, 1.807) is 7.11 Å². The summed E-state index contributed by atoms with van der Waals surface area (Å²) in [6, 6.07) is 26.0. The van der Waals surface area contributed by atoms with Gasteiger partial charge >= 0.3 is 0 Å². The maximum Gasteiger partial charge on any atom is 0.228 e. The molecule has 0 saturated carbocycles. The van der Waals surface area contributed by atoms with Crippen molar-refractivity contribution in [3.63, 3.8) is 0 Å². The standard InChI is InChI=1S/C26H21NO2/c1-19-7-6-8-21(17-19)18-24-25(16-13-20-11-14-23(28-2)15-12-20)29-26(27-24)22-9-4-3-5-10-22/h3-12,14-15,17H,18H2,1-2H3. The molecule has 0 saturated heterocycles. The molecule has 0 amide bonds. The summed E-state index contributed by atoms with van der Waals surface area (Å²) in [6.07, 6.45) is 0.671. The van der Waals surface area contributed by atoms with Gasteiger partial charge in [-0.05, 0) is 54.8 Å². The van der Waals surface area contributed by atoms with Crippen molar-refractivity contribution < 1.29 is 9.15 Å². The average Bonchev–Trinajstić information content (AvgIpc) is 3.16. The van der Waals surface area contributed by atoms with Crippen LogP contribution in [0.5, 0.6) is 5.75 Å². The Kier molecular flexibility index (Phi) is 5.45. The molecule has 0 unspecified atom stereocenters. The molecule has 3 heteroatoms. The summed E-state index contributed by atoms with van der Waals surface area (Å²) in [5.74, 6) is 8.34. The van der Waals surface area contributed by atoms with Gasteiger partial charge in [-0.25, -0.2) is 4.98 Å². The number of aryl methyl sites for hydroxylation is 1. The van der Waals surface area contributed by atoms with Crippen LogP contribution in [0, 0.1) is 18.8 Å². The maximum atomic E-state index is 6.06. The molecule has 142 valence electrons. The Morgan fingerprint density at radius 3 is 2.41 bits per heavy atom. The quantitative estimate of drug-likeness (QED) is 0.430. The van der Waals surface area contributed by atoms with Crippen LogP contribution in [0.25, 0.3) is 11.5 Å². The molecule has 0 aliphatic heterocycles. The number of oxazole rings is 1. The molecule has 1 heterocycles. The Labute approximate surface area is 171 Å². The number of methoxy groups -OCH3 is 1. The molecule has 0 aliphatic rings. The van der Waals surface area contributed by atoms with E-state index in [1.807, 2.05) is 54.6 Å². The van der Waals surface area contributed by atoms with Gasteiger partial charge in [0.2, 0.25) is 11.7 Å². The molecule has 1 aromatic heterocycles. The smallest absolute Gasteiger partial charge is 0.228 e. The van der Waals surface area contributed by atoms with E-state index in [2.05, 4.69) is 43.0 Å². The first-order chi connectivity index (χ1) is 14.2. The molecule has 0 bridgehead atoms. The number of aromatic nitrogens is 1. The first-order valence-corrected chi connectivity index (χ1v) is 9.48. The normalized spacial score (nSPS) is 10.3. The third-order valence-corrected chi connectivity index (χ3v) is 4.58.